The third kappa shape index (κ3) is 2.77. The van der Waals surface area contributed by atoms with Crippen molar-refractivity contribution in [3.63, 3.8) is 0 Å². The van der Waals surface area contributed by atoms with Gasteiger partial charge in [0.25, 0.3) is 0 Å². The molecule has 0 fully saturated rings. The summed E-state index contributed by atoms with van der Waals surface area (Å²) in [5.74, 6) is -0.329. The van der Waals surface area contributed by atoms with E-state index in [0.717, 1.165) is 27.8 Å². The predicted molar refractivity (Wildman–Crippen MR) is 81.3 cm³/mol. The maximum Gasteiger partial charge on any atom is 0.357 e. The van der Waals surface area contributed by atoms with Crippen LogP contribution in [0.3, 0.4) is 0 Å². The van der Waals surface area contributed by atoms with Crippen molar-refractivity contribution in [3.05, 3.63) is 45.7 Å². The van der Waals surface area contributed by atoms with E-state index in [1.54, 1.807) is 11.6 Å². The Labute approximate surface area is 126 Å². The van der Waals surface area contributed by atoms with E-state index < -0.39 is 0 Å². The molecule has 1 aromatic carbocycles. The zero-order valence-corrected chi connectivity index (χ0v) is 13.4. The molecule has 20 heavy (non-hydrogen) atoms. The SMILES string of the molecule is CCOC(=O)c1c(CC)c(C)nn1-c1cccc(Br)c1. The lowest BCUT2D eigenvalue weighted by molar-refractivity contribution is 0.0514. The third-order valence-electron chi connectivity index (χ3n) is 3.06. The Morgan fingerprint density at radius 1 is 1.40 bits per heavy atom. The third-order valence-corrected chi connectivity index (χ3v) is 3.55. The summed E-state index contributed by atoms with van der Waals surface area (Å²) < 4.78 is 7.77. The zero-order valence-electron chi connectivity index (χ0n) is 11.8. The molecule has 2 rings (SSSR count). The quantitative estimate of drug-likeness (QED) is 0.800. The van der Waals surface area contributed by atoms with Crippen molar-refractivity contribution in [1.82, 2.24) is 9.78 Å². The Bertz CT molecular complexity index is 635. The number of esters is 1. The van der Waals surface area contributed by atoms with Crippen molar-refractivity contribution in [2.75, 3.05) is 6.61 Å². The number of rotatable bonds is 4. The number of carbonyl (C=O) groups excluding carboxylic acids is 1. The van der Waals surface area contributed by atoms with Gasteiger partial charge in [-0.1, -0.05) is 28.9 Å². The highest BCUT2D eigenvalue weighted by Crippen LogP contribution is 2.22. The van der Waals surface area contributed by atoms with Crippen LogP contribution < -0.4 is 0 Å². The number of hydrogen-bond donors (Lipinski definition) is 0. The molecule has 0 saturated heterocycles. The van der Waals surface area contributed by atoms with Crippen molar-refractivity contribution in [1.29, 1.82) is 0 Å². The molecule has 1 aromatic heterocycles. The van der Waals surface area contributed by atoms with Crippen LogP contribution in [-0.2, 0) is 11.2 Å². The molecule has 5 heteroatoms. The summed E-state index contributed by atoms with van der Waals surface area (Å²) in [7, 11) is 0. The Balaban J connectivity index is 2.61. The molecule has 0 spiro atoms. The monoisotopic (exact) mass is 336 g/mol. The van der Waals surface area contributed by atoms with Crippen LogP contribution in [0.1, 0.15) is 35.6 Å². The van der Waals surface area contributed by atoms with Gasteiger partial charge in [-0.3, -0.25) is 0 Å². The van der Waals surface area contributed by atoms with Gasteiger partial charge in [-0.15, -0.1) is 0 Å². The molecule has 0 aliphatic heterocycles. The first-order chi connectivity index (χ1) is 9.58. The van der Waals surface area contributed by atoms with Gasteiger partial charge in [0, 0.05) is 10.0 Å². The summed E-state index contributed by atoms with van der Waals surface area (Å²) in [6.45, 7) is 6.08. The van der Waals surface area contributed by atoms with Crippen LogP contribution in [0.5, 0.6) is 0 Å². The molecule has 0 unspecified atom stereocenters. The molecular formula is C15H17BrN2O2. The number of aryl methyl sites for hydroxylation is 1. The molecule has 0 saturated carbocycles. The molecule has 0 bridgehead atoms. The number of ether oxygens (including phenoxy) is 1. The number of carbonyl (C=O) groups is 1. The fourth-order valence-electron chi connectivity index (χ4n) is 2.19. The van der Waals surface area contributed by atoms with Crippen LogP contribution in [0.15, 0.2) is 28.7 Å². The predicted octanol–water partition coefficient (Wildman–Crippen LogP) is 3.68. The standard InChI is InChI=1S/C15H17BrN2O2/c1-4-13-10(3)17-18(14(13)15(19)20-5-2)12-8-6-7-11(16)9-12/h6-9H,4-5H2,1-3H3. The molecule has 4 nitrogen and oxygen atoms in total. The average Bonchev–Trinajstić information content (AvgIpc) is 2.76. The summed E-state index contributed by atoms with van der Waals surface area (Å²) >= 11 is 3.44. The Kier molecular flexibility index (Phi) is 4.60. The second-order valence-electron chi connectivity index (χ2n) is 4.38. The second kappa shape index (κ2) is 6.22. The lowest BCUT2D eigenvalue weighted by Gasteiger charge is -2.08. The minimum Gasteiger partial charge on any atom is -0.461 e. The molecule has 0 aliphatic rings. The smallest absolute Gasteiger partial charge is 0.357 e. The van der Waals surface area contributed by atoms with Gasteiger partial charge < -0.3 is 4.74 Å². The van der Waals surface area contributed by atoms with Crippen LogP contribution >= 0.6 is 15.9 Å². The fraction of sp³-hybridized carbons (Fsp3) is 0.333. The molecule has 0 radical (unpaired) electrons. The van der Waals surface area contributed by atoms with E-state index in [1.165, 1.54) is 0 Å². The van der Waals surface area contributed by atoms with Crippen molar-refractivity contribution < 1.29 is 9.53 Å². The molecule has 0 aliphatic carbocycles. The Morgan fingerprint density at radius 3 is 2.75 bits per heavy atom. The van der Waals surface area contributed by atoms with E-state index in [0.29, 0.717) is 12.3 Å². The van der Waals surface area contributed by atoms with Crippen LogP contribution in [0.2, 0.25) is 0 Å². The number of benzene rings is 1. The van der Waals surface area contributed by atoms with Crippen LogP contribution in [0, 0.1) is 6.92 Å². The number of nitrogens with zero attached hydrogens (tertiary/aromatic N) is 2. The topological polar surface area (TPSA) is 44.1 Å². The van der Waals surface area contributed by atoms with E-state index in [2.05, 4.69) is 21.0 Å². The van der Waals surface area contributed by atoms with Gasteiger partial charge in [0.2, 0.25) is 0 Å². The molecule has 0 N–H and O–H groups in total. The lowest BCUT2D eigenvalue weighted by atomic mass is 10.1. The molecule has 1 heterocycles. The van der Waals surface area contributed by atoms with Gasteiger partial charge in [-0.25, -0.2) is 9.48 Å². The zero-order chi connectivity index (χ0) is 14.7. The minimum absolute atomic E-state index is 0.329. The normalized spacial score (nSPS) is 10.6. The first-order valence-corrected chi connectivity index (χ1v) is 7.39. The van der Waals surface area contributed by atoms with Gasteiger partial charge in [0.15, 0.2) is 5.69 Å². The van der Waals surface area contributed by atoms with E-state index in [9.17, 15) is 4.79 Å². The van der Waals surface area contributed by atoms with Crippen LogP contribution in [0.25, 0.3) is 5.69 Å². The first kappa shape index (κ1) is 14.8. The highest BCUT2D eigenvalue weighted by atomic mass is 79.9. The average molecular weight is 337 g/mol. The van der Waals surface area contributed by atoms with Gasteiger partial charge in [0.05, 0.1) is 18.0 Å². The number of hydrogen-bond acceptors (Lipinski definition) is 3. The maximum atomic E-state index is 12.2. The fourth-order valence-corrected chi connectivity index (χ4v) is 2.57. The van der Waals surface area contributed by atoms with Crippen molar-refractivity contribution >= 4 is 21.9 Å². The highest BCUT2D eigenvalue weighted by Gasteiger charge is 2.22. The molecule has 0 atom stereocenters. The summed E-state index contributed by atoms with van der Waals surface area (Å²) in [6, 6.07) is 7.69. The van der Waals surface area contributed by atoms with Gasteiger partial charge in [0.1, 0.15) is 0 Å². The molecule has 106 valence electrons. The molecule has 0 amide bonds. The Morgan fingerprint density at radius 2 is 2.15 bits per heavy atom. The summed E-state index contributed by atoms with van der Waals surface area (Å²) in [5, 5.41) is 4.49. The van der Waals surface area contributed by atoms with Gasteiger partial charge >= 0.3 is 5.97 Å². The second-order valence-corrected chi connectivity index (χ2v) is 5.29. The van der Waals surface area contributed by atoms with E-state index in [-0.39, 0.29) is 5.97 Å². The Hall–Kier alpha value is -1.62. The van der Waals surface area contributed by atoms with Gasteiger partial charge in [-0.05, 0) is 38.5 Å². The van der Waals surface area contributed by atoms with E-state index >= 15 is 0 Å². The minimum atomic E-state index is -0.329. The first-order valence-electron chi connectivity index (χ1n) is 6.60. The van der Waals surface area contributed by atoms with Crippen LogP contribution in [-0.4, -0.2) is 22.4 Å². The lowest BCUT2D eigenvalue weighted by Crippen LogP contribution is -2.13. The summed E-state index contributed by atoms with van der Waals surface area (Å²) in [5.41, 5.74) is 3.15. The maximum absolute atomic E-state index is 12.2. The van der Waals surface area contributed by atoms with E-state index in [1.807, 2.05) is 38.1 Å². The number of aromatic nitrogens is 2. The van der Waals surface area contributed by atoms with Gasteiger partial charge in [-0.2, -0.15) is 5.10 Å². The summed E-state index contributed by atoms with van der Waals surface area (Å²) in [6.07, 6.45) is 0.744. The van der Waals surface area contributed by atoms with Crippen molar-refractivity contribution in [3.8, 4) is 5.69 Å². The summed E-state index contributed by atoms with van der Waals surface area (Å²) in [4.78, 5) is 12.2. The molecule has 2 aromatic rings. The largest absolute Gasteiger partial charge is 0.461 e. The van der Waals surface area contributed by atoms with Crippen molar-refractivity contribution in [2.45, 2.75) is 27.2 Å². The van der Waals surface area contributed by atoms with E-state index in [4.69, 9.17) is 4.74 Å². The van der Waals surface area contributed by atoms with Crippen molar-refractivity contribution in [2.24, 2.45) is 0 Å². The van der Waals surface area contributed by atoms with Crippen LogP contribution in [0.4, 0.5) is 0 Å². The highest BCUT2D eigenvalue weighted by molar-refractivity contribution is 9.10. The number of halogens is 1. The molecular weight excluding hydrogens is 320 g/mol.